The quantitative estimate of drug-likeness (QED) is 0.672. The van der Waals surface area contributed by atoms with Crippen LogP contribution in [-0.2, 0) is 10.0 Å². The molecule has 1 fully saturated rings. The number of hydrogen-bond donors (Lipinski definition) is 0. The standard InChI is InChI=1S/C17H13N3O4S/c21-17(19-18-14-4-1-12-7-9-24-16(12)11-14)13-2-5-15(6-3-13)20-8-10-25(20,22)23/h1-7,9,11H,8,10H2. The molecule has 7 nitrogen and oxygen atoms in total. The Balaban J connectivity index is 1.50. The molecular formula is C17H13N3O4S. The van der Waals surface area contributed by atoms with Crippen LogP contribution in [0, 0.1) is 0 Å². The highest BCUT2D eigenvalue weighted by Crippen LogP contribution is 2.25. The molecule has 2 heterocycles. The third-order valence-corrected chi connectivity index (χ3v) is 5.75. The highest BCUT2D eigenvalue weighted by atomic mass is 32.2. The van der Waals surface area contributed by atoms with Crippen LogP contribution in [0.15, 0.2) is 69.4 Å². The van der Waals surface area contributed by atoms with Gasteiger partial charge in [0.25, 0.3) is 5.91 Å². The maximum absolute atomic E-state index is 12.1. The van der Waals surface area contributed by atoms with Crippen LogP contribution in [0.1, 0.15) is 10.4 Å². The molecule has 1 amide bonds. The first-order chi connectivity index (χ1) is 12.0. The highest BCUT2D eigenvalue weighted by Gasteiger charge is 2.32. The molecule has 0 radical (unpaired) electrons. The van der Waals surface area contributed by atoms with Gasteiger partial charge in [0.1, 0.15) is 5.58 Å². The van der Waals surface area contributed by atoms with E-state index in [1.807, 2.05) is 12.1 Å². The largest absolute Gasteiger partial charge is 0.464 e. The lowest BCUT2D eigenvalue weighted by Crippen LogP contribution is -2.47. The Morgan fingerprint density at radius 2 is 1.88 bits per heavy atom. The number of carbonyl (C=O) groups excluding carboxylic acids is 1. The van der Waals surface area contributed by atoms with Crippen molar-refractivity contribution >= 4 is 38.3 Å². The van der Waals surface area contributed by atoms with Crippen molar-refractivity contribution in [1.29, 1.82) is 0 Å². The van der Waals surface area contributed by atoms with Gasteiger partial charge in [-0.1, -0.05) is 0 Å². The smallest absolute Gasteiger partial charge is 0.295 e. The van der Waals surface area contributed by atoms with Crippen LogP contribution in [-0.4, -0.2) is 26.6 Å². The Labute approximate surface area is 143 Å². The van der Waals surface area contributed by atoms with E-state index in [2.05, 4.69) is 10.2 Å². The second-order valence-corrected chi connectivity index (χ2v) is 7.60. The first kappa shape index (κ1) is 15.5. The van der Waals surface area contributed by atoms with Crippen molar-refractivity contribution in [2.24, 2.45) is 10.2 Å². The van der Waals surface area contributed by atoms with Gasteiger partial charge in [-0.15, -0.1) is 10.2 Å². The number of carbonyl (C=O) groups is 1. The zero-order chi connectivity index (χ0) is 17.4. The van der Waals surface area contributed by atoms with E-state index in [0.717, 1.165) is 5.39 Å². The third-order valence-electron chi connectivity index (χ3n) is 3.99. The summed E-state index contributed by atoms with van der Waals surface area (Å²) < 4.78 is 29.8. The van der Waals surface area contributed by atoms with Gasteiger partial charge < -0.3 is 4.42 Å². The number of fused-ring (bicyclic) bond motifs is 1. The molecule has 2 aromatic carbocycles. The summed E-state index contributed by atoms with van der Waals surface area (Å²) in [6.45, 7) is 0.463. The fraction of sp³-hybridized carbons (Fsp3) is 0.118. The van der Waals surface area contributed by atoms with Crippen LogP contribution in [0.3, 0.4) is 0 Å². The summed E-state index contributed by atoms with van der Waals surface area (Å²) in [5.41, 5.74) is 2.07. The number of rotatable bonds is 3. The Morgan fingerprint density at radius 1 is 1.08 bits per heavy atom. The minimum Gasteiger partial charge on any atom is -0.464 e. The average molecular weight is 355 g/mol. The summed E-state index contributed by atoms with van der Waals surface area (Å²) in [5, 5.41) is 8.58. The van der Waals surface area contributed by atoms with Gasteiger partial charge in [0, 0.05) is 23.6 Å². The Morgan fingerprint density at radius 3 is 2.56 bits per heavy atom. The molecule has 126 valence electrons. The fourth-order valence-corrected chi connectivity index (χ4v) is 3.66. The number of nitrogens with zero attached hydrogens (tertiary/aromatic N) is 3. The maximum atomic E-state index is 12.1. The van der Waals surface area contributed by atoms with Crippen molar-refractivity contribution < 1.29 is 17.6 Å². The molecule has 1 aromatic heterocycles. The summed E-state index contributed by atoms with van der Waals surface area (Å²) in [7, 11) is -3.17. The second-order valence-electron chi connectivity index (χ2n) is 5.58. The number of sulfonamides is 1. The summed E-state index contributed by atoms with van der Waals surface area (Å²) in [6.07, 6.45) is 1.58. The van der Waals surface area contributed by atoms with E-state index in [4.69, 9.17) is 4.42 Å². The third kappa shape index (κ3) is 2.91. The maximum Gasteiger partial charge on any atom is 0.295 e. The molecule has 0 atom stereocenters. The van der Waals surface area contributed by atoms with Gasteiger partial charge >= 0.3 is 0 Å². The Kier molecular flexibility index (Phi) is 3.61. The van der Waals surface area contributed by atoms with Gasteiger partial charge in [0.15, 0.2) is 0 Å². The zero-order valence-corrected chi connectivity index (χ0v) is 13.8. The van der Waals surface area contributed by atoms with E-state index in [1.165, 1.54) is 4.31 Å². The zero-order valence-electron chi connectivity index (χ0n) is 13.0. The monoisotopic (exact) mass is 355 g/mol. The molecule has 1 saturated heterocycles. The molecule has 0 N–H and O–H groups in total. The van der Waals surface area contributed by atoms with Crippen LogP contribution in [0.25, 0.3) is 11.0 Å². The number of amides is 1. The predicted molar refractivity (Wildman–Crippen MR) is 92.6 cm³/mol. The molecule has 8 heteroatoms. The van der Waals surface area contributed by atoms with Gasteiger partial charge in [-0.2, -0.15) is 0 Å². The number of azo groups is 1. The Hall–Kier alpha value is -3.00. The van der Waals surface area contributed by atoms with Crippen LogP contribution >= 0.6 is 0 Å². The molecule has 0 spiro atoms. The number of anilines is 1. The van der Waals surface area contributed by atoms with Crippen LogP contribution in [0.5, 0.6) is 0 Å². The highest BCUT2D eigenvalue weighted by molar-refractivity contribution is 7.94. The van der Waals surface area contributed by atoms with E-state index in [1.54, 1.807) is 42.7 Å². The molecular weight excluding hydrogens is 342 g/mol. The minimum absolute atomic E-state index is 0.155. The number of hydrogen-bond acceptors (Lipinski definition) is 5. The molecule has 0 unspecified atom stereocenters. The molecule has 0 saturated carbocycles. The first-order valence-corrected chi connectivity index (χ1v) is 9.18. The van der Waals surface area contributed by atoms with Gasteiger partial charge in [-0.05, 0) is 42.5 Å². The van der Waals surface area contributed by atoms with Gasteiger partial charge in [-0.3, -0.25) is 9.10 Å². The molecule has 0 bridgehead atoms. The summed E-state index contributed by atoms with van der Waals surface area (Å²) in [6, 6.07) is 13.4. The Bertz CT molecular complexity index is 1080. The number of furan rings is 1. The van der Waals surface area contributed by atoms with Crippen molar-refractivity contribution in [2.75, 3.05) is 16.6 Å². The lowest BCUT2D eigenvalue weighted by Gasteiger charge is -2.32. The molecule has 4 rings (SSSR count). The van der Waals surface area contributed by atoms with Gasteiger partial charge in [0.05, 0.1) is 23.4 Å². The topological polar surface area (TPSA) is 92.3 Å². The summed E-state index contributed by atoms with van der Waals surface area (Å²) in [4.78, 5) is 12.1. The SMILES string of the molecule is O=C(N=Nc1ccc2ccoc2c1)c1ccc(N2CCS2(=O)=O)cc1. The van der Waals surface area contributed by atoms with E-state index >= 15 is 0 Å². The van der Waals surface area contributed by atoms with Crippen molar-refractivity contribution in [3.63, 3.8) is 0 Å². The van der Waals surface area contributed by atoms with Crippen LogP contribution < -0.4 is 4.31 Å². The number of benzene rings is 2. The molecule has 0 aliphatic carbocycles. The van der Waals surface area contributed by atoms with E-state index in [-0.39, 0.29) is 5.75 Å². The van der Waals surface area contributed by atoms with Crippen molar-refractivity contribution in [3.8, 4) is 0 Å². The minimum atomic E-state index is -3.17. The normalized spacial score (nSPS) is 16.2. The second kappa shape index (κ2) is 5.82. The molecule has 1 aliphatic rings. The van der Waals surface area contributed by atoms with Crippen molar-refractivity contribution in [3.05, 3.63) is 60.4 Å². The van der Waals surface area contributed by atoms with Crippen LogP contribution in [0.2, 0.25) is 0 Å². The lowest BCUT2D eigenvalue weighted by molar-refractivity contribution is 0.0995. The van der Waals surface area contributed by atoms with E-state index < -0.39 is 15.9 Å². The van der Waals surface area contributed by atoms with Crippen molar-refractivity contribution in [1.82, 2.24) is 0 Å². The predicted octanol–water partition coefficient (Wildman–Crippen LogP) is 3.51. The molecule has 25 heavy (non-hydrogen) atoms. The summed E-state index contributed by atoms with van der Waals surface area (Å²) >= 11 is 0. The van der Waals surface area contributed by atoms with Crippen molar-refractivity contribution in [2.45, 2.75) is 0 Å². The van der Waals surface area contributed by atoms with E-state index in [9.17, 15) is 13.2 Å². The molecule has 1 aliphatic heterocycles. The first-order valence-electron chi connectivity index (χ1n) is 7.57. The summed E-state index contributed by atoms with van der Waals surface area (Å²) in [5.74, 6) is -0.348. The average Bonchev–Trinajstić information content (AvgIpc) is 3.07. The lowest BCUT2D eigenvalue weighted by atomic mass is 10.2. The van der Waals surface area contributed by atoms with E-state index in [0.29, 0.717) is 29.1 Å². The fourth-order valence-electron chi connectivity index (χ4n) is 2.56. The van der Waals surface area contributed by atoms with Crippen LogP contribution in [0.4, 0.5) is 11.4 Å². The van der Waals surface area contributed by atoms with Gasteiger partial charge in [0.2, 0.25) is 10.0 Å². The van der Waals surface area contributed by atoms with Gasteiger partial charge in [-0.25, -0.2) is 8.42 Å². The molecule has 3 aromatic rings.